The van der Waals surface area contributed by atoms with E-state index < -0.39 is 11.9 Å². The van der Waals surface area contributed by atoms with Gasteiger partial charge in [-0.25, -0.2) is 0 Å². The number of carboxylic acid groups (broad SMARTS) is 1. The minimum atomic E-state index is -0.987. The molecule has 0 spiro atoms. The van der Waals surface area contributed by atoms with Gasteiger partial charge in [-0.15, -0.1) is 0 Å². The van der Waals surface area contributed by atoms with Crippen LogP contribution >= 0.6 is 15.9 Å². The molecule has 0 saturated heterocycles. The molecule has 0 amide bonds. The van der Waals surface area contributed by atoms with Gasteiger partial charge in [0.05, 0.1) is 12.3 Å². The molecule has 1 N–H and O–H groups in total. The van der Waals surface area contributed by atoms with E-state index in [0.29, 0.717) is 11.1 Å². The Kier molecular flexibility index (Phi) is 4.69. The highest BCUT2D eigenvalue weighted by molar-refractivity contribution is 9.10. The van der Waals surface area contributed by atoms with Gasteiger partial charge in [0.1, 0.15) is 0 Å². The summed E-state index contributed by atoms with van der Waals surface area (Å²) in [6, 6.07) is 16.0. The lowest BCUT2D eigenvalue weighted by Gasteiger charge is -2.14. The van der Waals surface area contributed by atoms with Gasteiger partial charge in [0.2, 0.25) is 0 Å². The fraction of sp³-hybridized carbons (Fsp3) is 0.125. The highest BCUT2D eigenvalue weighted by Crippen LogP contribution is 2.26. The van der Waals surface area contributed by atoms with Crippen molar-refractivity contribution in [2.24, 2.45) is 0 Å². The molecule has 2 aromatic rings. The third kappa shape index (κ3) is 3.54. The number of carbonyl (C=O) groups is 2. The van der Waals surface area contributed by atoms with E-state index in [-0.39, 0.29) is 12.2 Å². The highest BCUT2D eigenvalue weighted by Gasteiger charge is 2.24. The number of carbonyl (C=O) groups excluding carboxylic acids is 1. The van der Waals surface area contributed by atoms with Crippen LogP contribution in [0.4, 0.5) is 0 Å². The second-order valence-electron chi connectivity index (χ2n) is 4.44. The van der Waals surface area contributed by atoms with Crippen molar-refractivity contribution in [1.82, 2.24) is 0 Å². The number of hydrogen-bond donors (Lipinski definition) is 1. The Morgan fingerprint density at radius 1 is 1.05 bits per heavy atom. The van der Waals surface area contributed by atoms with Crippen LogP contribution in [0.3, 0.4) is 0 Å². The van der Waals surface area contributed by atoms with Gasteiger partial charge in [-0.1, -0.05) is 58.4 Å². The number of benzene rings is 2. The summed E-state index contributed by atoms with van der Waals surface area (Å²) < 4.78 is 0.825. The van der Waals surface area contributed by atoms with E-state index in [0.717, 1.165) is 4.47 Å². The summed E-state index contributed by atoms with van der Waals surface area (Å²) in [6.45, 7) is 0. The highest BCUT2D eigenvalue weighted by atomic mass is 79.9. The molecule has 20 heavy (non-hydrogen) atoms. The Hall–Kier alpha value is -1.94. The molecule has 4 heteroatoms. The SMILES string of the molecule is O=C(O)CC(C(=O)c1ccccc1)c1cccc(Br)c1. The zero-order valence-electron chi connectivity index (χ0n) is 10.6. The van der Waals surface area contributed by atoms with Crippen molar-refractivity contribution in [1.29, 1.82) is 0 Å². The summed E-state index contributed by atoms with van der Waals surface area (Å²) >= 11 is 3.34. The summed E-state index contributed by atoms with van der Waals surface area (Å²) in [4.78, 5) is 23.6. The minimum absolute atomic E-state index is 0.175. The lowest BCUT2D eigenvalue weighted by atomic mass is 9.88. The van der Waals surface area contributed by atoms with Gasteiger partial charge in [0.25, 0.3) is 0 Å². The van der Waals surface area contributed by atoms with E-state index in [1.807, 2.05) is 12.1 Å². The predicted molar refractivity (Wildman–Crippen MR) is 79.9 cm³/mol. The van der Waals surface area contributed by atoms with Gasteiger partial charge in [0, 0.05) is 10.0 Å². The first kappa shape index (κ1) is 14.5. The van der Waals surface area contributed by atoms with Crippen LogP contribution in [-0.2, 0) is 4.79 Å². The van der Waals surface area contributed by atoms with Crippen molar-refractivity contribution in [2.45, 2.75) is 12.3 Å². The molecule has 1 unspecified atom stereocenters. The first-order valence-corrected chi connectivity index (χ1v) is 6.94. The zero-order valence-corrected chi connectivity index (χ0v) is 12.2. The second-order valence-corrected chi connectivity index (χ2v) is 5.35. The Morgan fingerprint density at radius 2 is 1.75 bits per heavy atom. The molecule has 2 rings (SSSR count). The lowest BCUT2D eigenvalue weighted by Crippen LogP contribution is -2.17. The Morgan fingerprint density at radius 3 is 2.35 bits per heavy atom. The van der Waals surface area contributed by atoms with Crippen molar-refractivity contribution < 1.29 is 14.7 Å². The normalized spacial score (nSPS) is 11.8. The molecule has 0 heterocycles. The first-order chi connectivity index (χ1) is 9.58. The maximum Gasteiger partial charge on any atom is 0.304 e. The monoisotopic (exact) mass is 332 g/mol. The molecule has 1 atom stereocenters. The number of rotatable bonds is 5. The molecule has 0 bridgehead atoms. The van der Waals surface area contributed by atoms with Crippen LogP contribution < -0.4 is 0 Å². The largest absolute Gasteiger partial charge is 0.481 e. The van der Waals surface area contributed by atoms with Gasteiger partial charge < -0.3 is 5.11 Å². The summed E-state index contributed by atoms with van der Waals surface area (Å²) in [5, 5.41) is 9.05. The van der Waals surface area contributed by atoms with E-state index in [2.05, 4.69) is 15.9 Å². The van der Waals surface area contributed by atoms with Gasteiger partial charge in [-0.2, -0.15) is 0 Å². The molecule has 0 radical (unpaired) electrons. The molecular formula is C16H13BrO3. The van der Waals surface area contributed by atoms with Crippen molar-refractivity contribution in [3.63, 3.8) is 0 Å². The predicted octanol–water partition coefficient (Wildman–Crippen LogP) is 3.89. The van der Waals surface area contributed by atoms with E-state index in [1.165, 1.54) is 0 Å². The second kappa shape index (κ2) is 6.48. The zero-order chi connectivity index (χ0) is 14.5. The number of hydrogen-bond acceptors (Lipinski definition) is 2. The van der Waals surface area contributed by atoms with Gasteiger partial charge in [0.15, 0.2) is 5.78 Å². The van der Waals surface area contributed by atoms with Crippen LogP contribution in [0.25, 0.3) is 0 Å². The number of ketones is 1. The maximum absolute atomic E-state index is 12.5. The average Bonchev–Trinajstić information content (AvgIpc) is 2.45. The first-order valence-electron chi connectivity index (χ1n) is 6.14. The van der Waals surface area contributed by atoms with Crippen LogP contribution in [-0.4, -0.2) is 16.9 Å². The molecule has 102 valence electrons. The molecule has 0 aliphatic rings. The Labute approximate surface area is 125 Å². The van der Waals surface area contributed by atoms with Gasteiger partial charge in [-0.3, -0.25) is 9.59 Å². The molecule has 0 aliphatic carbocycles. The molecule has 0 saturated carbocycles. The molecular weight excluding hydrogens is 320 g/mol. The Bertz CT molecular complexity index is 623. The quantitative estimate of drug-likeness (QED) is 0.845. The fourth-order valence-corrected chi connectivity index (χ4v) is 2.48. The minimum Gasteiger partial charge on any atom is -0.481 e. The fourth-order valence-electron chi connectivity index (χ4n) is 2.06. The van der Waals surface area contributed by atoms with Crippen molar-refractivity contribution in [3.8, 4) is 0 Å². The summed E-state index contributed by atoms with van der Waals surface area (Å²) in [6.07, 6.45) is -0.218. The number of aliphatic carboxylic acids is 1. The standard InChI is InChI=1S/C16H13BrO3/c17-13-8-4-7-12(9-13)14(10-15(18)19)16(20)11-5-2-1-3-6-11/h1-9,14H,10H2,(H,18,19). The third-order valence-electron chi connectivity index (χ3n) is 3.00. The van der Waals surface area contributed by atoms with Crippen LogP contribution in [0.15, 0.2) is 59.1 Å². The van der Waals surface area contributed by atoms with Crippen LogP contribution in [0.5, 0.6) is 0 Å². The molecule has 0 fully saturated rings. The van der Waals surface area contributed by atoms with Gasteiger partial charge >= 0.3 is 5.97 Å². The number of Topliss-reactive ketones (excluding diaryl/α,β-unsaturated/α-hetero) is 1. The maximum atomic E-state index is 12.5. The van der Waals surface area contributed by atoms with Crippen LogP contribution in [0.2, 0.25) is 0 Å². The Balaban J connectivity index is 2.38. The summed E-state index contributed by atoms with van der Waals surface area (Å²) in [7, 11) is 0. The topological polar surface area (TPSA) is 54.4 Å². The van der Waals surface area contributed by atoms with E-state index in [9.17, 15) is 9.59 Å². The van der Waals surface area contributed by atoms with E-state index in [1.54, 1.807) is 42.5 Å². The van der Waals surface area contributed by atoms with Crippen molar-refractivity contribution in [2.75, 3.05) is 0 Å². The van der Waals surface area contributed by atoms with Crippen LogP contribution in [0, 0.1) is 0 Å². The third-order valence-corrected chi connectivity index (χ3v) is 3.50. The van der Waals surface area contributed by atoms with E-state index in [4.69, 9.17) is 5.11 Å². The smallest absolute Gasteiger partial charge is 0.304 e. The van der Waals surface area contributed by atoms with Crippen molar-refractivity contribution in [3.05, 3.63) is 70.2 Å². The lowest BCUT2D eigenvalue weighted by molar-refractivity contribution is -0.137. The molecule has 0 aliphatic heterocycles. The van der Waals surface area contributed by atoms with Crippen molar-refractivity contribution >= 4 is 27.7 Å². The number of halogens is 1. The number of carboxylic acids is 1. The van der Waals surface area contributed by atoms with Crippen LogP contribution in [0.1, 0.15) is 28.3 Å². The molecule has 0 aromatic heterocycles. The summed E-state index contributed by atoms with van der Waals surface area (Å²) in [5.74, 6) is -1.84. The molecule has 3 nitrogen and oxygen atoms in total. The van der Waals surface area contributed by atoms with Gasteiger partial charge in [-0.05, 0) is 17.7 Å². The molecule has 2 aromatic carbocycles. The van der Waals surface area contributed by atoms with E-state index >= 15 is 0 Å². The average molecular weight is 333 g/mol. The summed E-state index contributed by atoms with van der Waals surface area (Å²) in [5.41, 5.74) is 1.23.